The van der Waals surface area contributed by atoms with Gasteiger partial charge in [0, 0.05) is 44.3 Å². The van der Waals surface area contributed by atoms with E-state index in [2.05, 4.69) is 28.0 Å². The highest BCUT2D eigenvalue weighted by Gasteiger charge is 2.22. The lowest BCUT2D eigenvalue weighted by atomic mass is 10.2. The largest absolute Gasteiger partial charge is 0.369 e. The number of hydrogen-bond acceptors (Lipinski definition) is 4. The van der Waals surface area contributed by atoms with Crippen molar-refractivity contribution in [1.82, 2.24) is 19.5 Å². The standard InChI is InChI=1S/C19H21N5O/c1-15-14-20-8-7-17(15)22-10-3-11-23(13-12-22)19(25)18-5-2-4-16-6-9-21-24(16)18/h2,4-9,14H,3,10-13H2,1H3. The molecule has 4 heterocycles. The summed E-state index contributed by atoms with van der Waals surface area (Å²) in [5, 5.41) is 4.28. The van der Waals surface area contributed by atoms with E-state index in [0.29, 0.717) is 12.2 Å². The first kappa shape index (κ1) is 15.6. The number of rotatable bonds is 2. The van der Waals surface area contributed by atoms with Gasteiger partial charge in [0.2, 0.25) is 0 Å². The molecule has 1 aliphatic rings. The molecule has 3 aromatic rings. The molecule has 0 spiro atoms. The van der Waals surface area contributed by atoms with Gasteiger partial charge in [-0.2, -0.15) is 5.10 Å². The van der Waals surface area contributed by atoms with Gasteiger partial charge in [0.1, 0.15) is 5.69 Å². The van der Waals surface area contributed by atoms with Crippen LogP contribution in [0.15, 0.2) is 48.9 Å². The summed E-state index contributed by atoms with van der Waals surface area (Å²) in [7, 11) is 0. The van der Waals surface area contributed by atoms with Gasteiger partial charge in [-0.15, -0.1) is 0 Å². The second kappa shape index (κ2) is 6.55. The van der Waals surface area contributed by atoms with Gasteiger partial charge >= 0.3 is 0 Å². The normalized spacial score (nSPS) is 15.4. The lowest BCUT2D eigenvalue weighted by Gasteiger charge is -2.25. The highest BCUT2D eigenvalue weighted by molar-refractivity contribution is 5.93. The molecule has 1 amide bonds. The van der Waals surface area contributed by atoms with Crippen LogP contribution in [0.2, 0.25) is 0 Å². The van der Waals surface area contributed by atoms with Gasteiger partial charge in [0.25, 0.3) is 5.91 Å². The minimum Gasteiger partial charge on any atom is -0.369 e. The first-order chi connectivity index (χ1) is 12.2. The molecular weight excluding hydrogens is 314 g/mol. The van der Waals surface area contributed by atoms with Crippen molar-refractivity contribution in [2.24, 2.45) is 0 Å². The molecule has 0 aromatic carbocycles. The fraction of sp³-hybridized carbons (Fsp3) is 0.316. The van der Waals surface area contributed by atoms with Crippen LogP contribution in [0.3, 0.4) is 0 Å². The van der Waals surface area contributed by atoms with E-state index in [-0.39, 0.29) is 5.91 Å². The minimum atomic E-state index is 0.0441. The average molecular weight is 335 g/mol. The second-order valence-electron chi connectivity index (χ2n) is 6.37. The zero-order valence-electron chi connectivity index (χ0n) is 14.3. The molecule has 3 aromatic heterocycles. The number of anilines is 1. The van der Waals surface area contributed by atoms with E-state index in [1.54, 1.807) is 10.7 Å². The van der Waals surface area contributed by atoms with E-state index in [9.17, 15) is 4.79 Å². The maximum absolute atomic E-state index is 13.0. The molecule has 0 aliphatic carbocycles. The Hall–Kier alpha value is -2.89. The van der Waals surface area contributed by atoms with Crippen molar-refractivity contribution < 1.29 is 4.79 Å². The Kier molecular flexibility index (Phi) is 4.09. The topological polar surface area (TPSA) is 53.7 Å². The first-order valence-corrected chi connectivity index (χ1v) is 8.61. The molecular formula is C19H21N5O. The van der Waals surface area contributed by atoms with E-state index in [0.717, 1.165) is 31.6 Å². The molecule has 128 valence electrons. The molecule has 6 nitrogen and oxygen atoms in total. The van der Waals surface area contributed by atoms with E-state index in [1.165, 1.54) is 11.3 Å². The van der Waals surface area contributed by atoms with Gasteiger partial charge in [-0.1, -0.05) is 6.07 Å². The van der Waals surface area contributed by atoms with Crippen LogP contribution in [0.5, 0.6) is 0 Å². The molecule has 0 saturated carbocycles. The van der Waals surface area contributed by atoms with Crippen molar-refractivity contribution in [3.8, 4) is 0 Å². The second-order valence-corrected chi connectivity index (χ2v) is 6.37. The van der Waals surface area contributed by atoms with E-state index in [4.69, 9.17) is 0 Å². The molecule has 0 unspecified atom stereocenters. The minimum absolute atomic E-state index is 0.0441. The summed E-state index contributed by atoms with van der Waals surface area (Å²) in [5.74, 6) is 0.0441. The van der Waals surface area contributed by atoms with Crippen molar-refractivity contribution >= 4 is 17.1 Å². The maximum atomic E-state index is 13.0. The zero-order chi connectivity index (χ0) is 17.2. The number of amides is 1. The fourth-order valence-electron chi connectivity index (χ4n) is 3.46. The average Bonchev–Trinajstić information content (AvgIpc) is 2.98. The van der Waals surface area contributed by atoms with Gasteiger partial charge in [0.05, 0.1) is 11.7 Å². The molecule has 0 bridgehead atoms. The first-order valence-electron chi connectivity index (χ1n) is 8.61. The molecule has 1 aliphatic heterocycles. The summed E-state index contributed by atoms with van der Waals surface area (Å²) in [4.78, 5) is 21.5. The molecule has 6 heteroatoms. The van der Waals surface area contributed by atoms with Crippen molar-refractivity contribution in [2.75, 3.05) is 31.1 Å². The highest BCUT2D eigenvalue weighted by atomic mass is 16.2. The summed E-state index contributed by atoms with van der Waals surface area (Å²) in [5.41, 5.74) is 3.94. The summed E-state index contributed by atoms with van der Waals surface area (Å²) in [6.45, 7) is 5.32. The van der Waals surface area contributed by atoms with Crippen LogP contribution >= 0.6 is 0 Å². The number of aryl methyl sites for hydroxylation is 1. The Bertz CT molecular complexity index is 903. The van der Waals surface area contributed by atoms with Crippen LogP contribution in [-0.4, -0.2) is 51.6 Å². The number of fused-ring (bicyclic) bond motifs is 1. The SMILES string of the molecule is Cc1cnccc1N1CCCN(C(=O)c2cccc3ccnn23)CC1. The quantitative estimate of drug-likeness (QED) is 0.722. The molecule has 0 atom stereocenters. The summed E-state index contributed by atoms with van der Waals surface area (Å²) >= 11 is 0. The molecule has 1 saturated heterocycles. The van der Waals surface area contributed by atoms with Gasteiger partial charge < -0.3 is 9.80 Å². The third kappa shape index (κ3) is 2.95. The Morgan fingerprint density at radius 2 is 1.96 bits per heavy atom. The van der Waals surface area contributed by atoms with Gasteiger partial charge in [-0.25, -0.2) is 4.52 Å². The lowest BCUT2D eigenvalue weighted by Crippen LogP contribution is -2.36. The summed E-state index contributed by atoms with van der Waals surface area (Å²) in [6, 6.07) is 9.68. The monoisotopic (exact) mass is 335 g/mol. The molecule has 4 rings (SSSR count). The van der Waals surface area contributed by atoms with Crippen LogP contribution < -0.4 is 4.90 Å². The smallest absolute Gasteiger partial charge is 0.272 e. The van der Waals surface area contributed by atoms with E-state index < -0.39 is 0 Å². The van der Waals surface area contributed by atoms with Crippen LogP contribution in [-0.2, 0) is 0 Å². The van der Waals surface area contributed by atoms with Gasteiger partial charge in [-0.3, -0.25) is 9.78 Å². The zero-order valence-corrected chi connectivity index (χ0v) is 14.3. The maximum Gasteiger partial charge on any atom is 0.272 e. The molecule has 0 N–H and O–H groups in total. The summed E-state index contributed by atoms with van der Waals surface area (Å²) < 4.78 is 1.72. The number of pyridine rings is 2. The van der Waals surface area contributed by atoms with Crippen molar-refractivity contribution in [1.29, 1.82) is 0 Å². The Labute approximate surface area is 146 Å². The number of nitrogens with zero attached hydrogens (tertiary/aromatic N) is 5. The van der Waals surface area contributed by atoms with Gasteiger partial charge in [-0.05, 0) is 43.2 Å². The van der Waals surface area contributed by atoms with Gasteiger partial charge in [0.15, 0.2) is 0 Å². The Morgan fingerprint density at radius 3 is 2.84 bits per heavy atom. The third-order valence-electron chi connectivity index (χ3n) is 4.75. The van der Waals surface area contributed by atoms with Crippen molar-refractivity contribution in [2.45, 2.75) is 13.3 Å². The Morgan fingerprint density at radius 1 is 1.04 bits per heavy atom. The molecule has 0 radical (unpaired) electrons. The van der Waals surface area contributed by atoms with Crippen molar-refractivity contribution in [3.63, 3.8) is 0 Å². The third-order valence-corrected chi connectivity index (χ3v) is 4.75. The number of hydrogen-bond donors (Lipinski definition) is 0. The lowest BCUT2D eigenvalue weighted by molar-refractivity contribution is 0.0758. The molecule has 1 fully saturated rings. The predicted octanol–water partition coefficient (Wildman–Crippen LogP) is 2.39. The predicted molar refractivity (Wildman–Crippen MR) is 96.9 cm³/mol. The number of carbonyl (C=O) groups excluding carboxylic acids is 1. The van der Waals surface area contributed by atoms with Crippen LogP contribution in [0.1, 0.15) is 22.5 Å². The van der Waals surface area contributed by atoms with E-state index >= 15 is 0 Å². The van der Waals surface area contributed by atoms with Crippen LogP contribution in [0, 0.1) is 6.92 Å². The Balaban J connectivity index is 1.54. The summed E-state index contributed by atoms with van der Waals surface area (Å²) in [6.07, 6.45) is 6.39. The number of aromatic nitrogens is 3. The number of carbonyl (C=O) groups is 1. The van der Waals surface area contributed by atoms with Crippen LogP contribution in [0.25, 0.3) is 5.52 Å². The van der Waals surface area contributed by atoms with Crippen molar-refractivity contribution in [3.05, 3.63) is 60.2 Å². The highest BCUT2D eigenvalue weighted by Crippen LogP contribution is 2.20. The van der Waals surface area contributed by atoms with Crippen LogP contribution in [0.4, 0.5) is 5.69 Å². The van der Waals surface area contributed by atoms with E-state index in [1.807, 2.05) is 41.6 Å². The fourth-order valence-corrected chi connectivity index (χ4v) is 3.46. The molecule has 25 heavy (non-hydrogen) atoms.